The highest BCUT2D eigenvalue weighted by Crippen LogP contribution is 2.22. The van der Waals surface area contributed by atoms with Crippen LogP contribution in [0.15, 0.2) is 24.3 Å². The SMILES string of the molecule is CC(C)OC(=O)C1CCCCN1Cc1cccc(Cl)c1. The molecule has 2 rings (SSSR count). The van der Waals surface area contributed by atoms with Crippen molar-refractivity contribution < 1.29 is 9.53 Å². The van der Waals surface area contributed by atoms with Crippen molar-refractivity contribution >= 4 is 17.6 Å². The van der Waals surface area contributed by atoms with Gasteiger partial charge >= 0.3 is 5.97 Å². The van der Waals surface area contributed by atoms with Crippen LogP contribution in [0.4, 0.5) is 0 Å². The van der Waals surface area contributed by atoms with Crippen LogP contribution in [0.1, 0.15) is 38.7 Å². The summed E-state index contributed by atoms with van der Waals surface area (Å²) in [6.45, 7) is 5.47. The van der Waals surface area contributed by atoms with Crippen LogP contribution in [-0.2, 0) is 16.1 Å². The van der Waals surface area contributed by atoms with Crippen LogP contribution < -0.4 is 0 Å². The number of hydrogen-bond acceptors (Lipinski definition) is 3. The lowest BCUT2D eigenvalue weighted by Crippen LogP contribution is -2.45. The summed E-state index contributed by atoms with van der Waals surface area (Å²) in [4.78, 5) is 14.4. The molecule has 0 spiro atoms. The number of hydrogen-bond donors (Lipinski definition) is 0. The number of carbonyl (C=O) groups is 1. The normalized spacial score (nSPS) is 20.1. The van der Waals surface area contributed by atoms with Crippen molar-refractivity contribution in [2.24, 2.45) is 0 Å². The molecule has 0 amide bonds. The largest absolute Gasteiger partial charge is 0.462 e. The topological polar surface area (TPSA) is 29.5 Å². The van der Waals surface area contributed by atoms with Crippen LogP contribution in [0.5, 0.6) is 0 Å². The minimum absolute atomic E-state index is 0.0579. The van der Waals surface area contributed by atoms with Gasteiger partial charge in [0.2, 0.25) is 0 Å². The van der Waals surface area contributed by atoms with Crippen LogP contribution in [0.3, 0.4) is 0 Å². The summed E-state index contributed by atoms with van der Waals surface area (Å²) in [6, 6.07) is 7.70. The van der Waals surface area contributed by atoms with E-state index < -0.39 is 0 Å². The van der Waals surface area contributed by atoms with Gasteiger partial charge in [-0.1, -0.05) is 30.2 Å². The first-order valence-electron chi connectivity index (χ1n) is 7.25. The first kappa shape index (κ1) is 15.3. The lowest BCUT2D eigenvalue weighted by Gasteiger charge is -2.34. The van der Waals surface area contributed by atoms with Gasteiger partial charge < -0.3 is 4.74 Å². The number of benzene rings is 1. The summed E-state index contributed by atoms with van der Waals surface area (Å²) in [7, 11) is 0. The smallest absolute Gasteiger partial charge is 0.323 e. The molecule has 0 bridgehead atoms. The van der Waals surface area contributed by atoms with Crippen LogP contribution in [0.25, 0.3) is 0 Å². The molecule has 1 aliphatic rings. The molecule has 0 aliphatic carbocycles. The van der Waals surface area contributed by atoms with Gasteiger partial charge in [0.15, 0.2) is 0 Å². The van der Waals surface area contributed by atoms with Gasteiger partial charge in [-0.05, 0) is 50.9 Å². The number of piperidine rings is 1. The molecule has 0 aromatic heterocycles. The second-order valence-corrected chi connectivity index (χ2v) is 6.03. The van der Waals surface area contributed by atoms with Gasteiger partial charge in [-0.3, -0.25) is 9.69 Å². The van der Waals surface area contributed by atoms with E-state index in [9.17, 15) is 4.79 Å². The van der Waals surface area contributed by atoms with Crippen molar-refractivity contribution in [2.75, 3.05) is 6.54 Å². The maximum atomic E-state index is 12.2. The van der Waals surface area contributed by atoms with Gasteiger partial charge in [-0.2, -0.15) is 0 Å². The standard InChI is InChI=1S/C16H22ClNO2/c1-12(2)20-16(19)15-8-3-4-9-18(15)11-13-6-5-7-14(17)10-13/h5-7,10,12,15H,3-4,8-9,11H2,1-2H3. The molecule has 0 saturated carbocycles. The molecule has 1 aromatic carbocycles. The molecular formula is C16H22ClNO2. The number of rotatable bonds is 4. The summed E-state index contributed by atoms with van der Waals surface area (Å²) in [5, 5.41) is 0.737. The van der Waals surface area contributed by atoms with Gasteiger partial charge in [0.25, 0.3) is 0 Å². The summed E-state index contributed by atoms with van der Waals surface area (Å²) in [5.74, 6) is -0.0956. The Kier molecular flexibility index (Phi) is 5.44. The summed E-state index contributed by atoms with van der Waals surface area (Å²) in [6.07, 6.45) is 3.04. The fraction of sp³-hybridized carbons (Fsp3) is 0.562. The monoisotopic (exact) mass is 295 g/mol. The molecule has 1 saturated heterocycles. The average Bonchev–Trinajstić information content (AvgIpc) is 2.38. The third-order valence-corrected chi connectivity index (χ3v) is 3.75. The van der Waals surface area contributed by atoms with Gasteiger partial charge in [0.05, 0.1) is 6.10 Å². The first-order chi connectivity index (χ1) is 9.56. The molecular weight excluding hydrogens is 274 g/mol. The molecule has 1 atom stereocenters. The van der Waals surface area contributed by atoms with E-state index in [0.29, 0.717) is 0 Å². The van der Waals surface area contributed by atoms with Gasteiger partial charge in [-0.25, -0.2) is 0 Å². The lowest BCUT2D eigenvalue weighted by molar-refractivity contribution is -0.155. The molecule has 1 unspecified atom stereocenters. The number of likely N-dealkylation sites (tertiary alicyclic amines) is 1. The Morgan fingerprint density at radius 1 is 1.45 bits per heavy atom. The highest BCUT2D eigenvalue weighted by atomic mass is 35.5. The molecule has 1 heterocycles. The van der Waals surface area contributed by atoms with Crippen molar-refractivity contribution in [3.8, 4) is 0 Å². The van der Waals surface area contributed by atoms with Gasteiger partial charge in [-0.15, -0.1) is 0 Å². The predicted octanol–water partition coefficient (Wildman–Crippen LogP) is 3.65. The minimum atomic E-state index is -0.120. The molecule has 20 heavy (non-hydrogen) atoms. The quantitative estimate of drug-likeness (QED) is 0.794. The lowest BCUT2D eigenvalue weighted by atomic mass is 10.0. The Morgan fingerprint density at radius 3 is 2.95 bits per heavy atom. The molecule has 0 N–H and O–H groups in total. The number of nitrogens with zero attached hydrogens (tertiary/aromatic N) is 1. The Morgan fingerprint density at radius 2 is 2.25 bits per heavy atom. The van der Waals surface area contributed by atoms with Gasteiger partial charge in [0, 0.05) is 11.6 Å². The summed E-state index contributed by atoms with van der Waals surface area (Å²) < 4.78 is 5.37. The molecule has 0 radical (unpaired) electrons. The van der Waals surface area contributed by atoms with Crippen LogP contribution in [0, 0.1) is 0 Å². The van der Waals surface area contributed by atoms with E-state index in [1.807, 2.05) is 38.1 Å². The zero-order chi connectivity index (χ0) is 14.5. The third kappa shape index (κ3) is 4.22. The fourth-order valence-electron chi connectivity index (χ4n) is 2.63. The van der Waals surface area contributed by atoms with E-state index in [0.717, 1.165) is 42.9 Å². The Balaban J connectivity index is 2.05. The van der Waals surface area contributed by atoms with Crippen LogP contribution in [-0.4, -0.2) is 29.6 Å². The number of carbonyl (C=O) groups excluding carboxylic acids is 1. The highest BCUT2D eigenvalue weighted by Gasteiger charge is 2.30. The zero-order valence-electron chi connectivity index (χ0n) is 12.1. The van der Waals surface area contributed by atoms with E-state index in [1.165, 1.54) is 0 Å². The molecule has 1 aromatic rings. The van der Waals surface area contributed by atoms with Crippen molar-refractivity contribution in [1.29, 1.82) is 0 Å². The fourth-order valence-corrected chi connectivity index (χ4v) is 2.84. The predicted molar refractivity (Wildman–Crippen MR) is 80.7 cm³/mol. The highest BCUT2D eigenvalue weighted by molar-refractivity contribution is 6.30. The zero-order valence-corrected chi connectivity index (χ0v) is 12.9. The maximum absolute atomic E-state index is 12.2. The third-order valence-electron chi connectivity index (χ3n) is 3.51. The Hall–Kier alpha value is -1.06. The van der Waals surface area contributed by atoms with Crippen molar-refractivity contribution in [3.63, 3.8) is 0 Å². The Bertz CT molecular complexity index is 462. The van der Waals surface area contributed by atoms with Gasteiger partial charge in [0.1, 0.15) is 6.04 Å². The second kappa shape index (κ2) is 7.09. The van der Waals surface area contributed by atoms with Crippen LogP contribution >= 0.6 is 11.6 Å². The van der Waals surface area contributed by atoms with E-state index in [1.54, 1.807) is 0 Å². The first-order valence-corrected chi connectivity index (χ1v) is 7.63. The molecule has 3 nitrogen and oxygen atoms in total. The van der Waals surface area contributed by atoms with Crippen molar-refractivity contribution in [1.82, 2.24) is 4.90 Å². The van der Waals surface area contributed by atoms with E-state index in [2.05, 4.69) is 4.90 Å². The number of ether oxygens (including phenoxy) is 1. The molecule has 110 valence electrons. The Labute approximate surface area is 125 Å². The van der Waals surface area contributed by atoms with Crippen molar-refractivity contribution in [2.45, 2.75) is 51.8 Å². The van der Waals surface area contributed by atoms with Crippen molar-refractivity contribution in [3.05, 3.63) is 34.9 Å². The molecule has 1 aliphatic heterocycles. The number of esters is 1. The summed E-state index contributed by atoms with van der Waals surface area (Å²) in [5.41, 5.74) is 1.14. The molecule has 4 heteroatoms. The second-order valence-electron chi connectivity index (χ2n) is 5.60. The number of halogens is 1. The maximum Gasteiger partial charge on any atom is 0.323 e. The molecule has 1 fully saturated rings. The minimum Gasteiger partial charge on any atom is -0.462 e. The van der Waals surface area contributed by atoms with E-state index in [-0.39, 0.29) is 18.1 Å². The average molecular weight is 296 g/mol. The van der Waals surface area contributed by atoms with Crippen LogP contribution in [0.2, 0.25) is 5.02 Å². The van der Waals surface area contributed by atoms with E-state index in [4.69, 9.17) is 16.3 Å². The summed E-state index contributed by atoms with van der Waals surface area (Å²) >= 11 is 6.02. The van der Waals surface area contributed by atoms with E-state index >= 15 is 0 Å².